The SMILES string of the molecule is C[C@@H]1CN(c2nc(C(=O)O)ccc2[N+](=O)[O-])C[C@H](C)O1. The number of morpholine rings is 1. The molecule has 0 bridgehead atoms. The zero-order valence-corrected chi connectivity index (χ0v) is 11.1. The van der Waals surface area contributed by atoms with E-state index in [0.717, 1.165) is 6.07 Å². The third kappa shape index (κ3) is 2.85. The Balaban J connectivity index is 2.43. The van der Waals surface area contributed by atoms with Crippen molar-refractivity contribution in [1.29, 1.82) is 0 Å². The van der Waals surface area contributed by atoms with Crippen LogP contribution in [0.3, 0.4) is 0 Å². The van der Waals surface area contributed by atoms with Crippen LogP contribution >= 0.6 is 0 Å². The van der Waals surface area contributed by atoms with E-state index in [1.54, 1.807) is 4.90 Å². The minimum absolute atomic E-state index is 0.0805. The van der Waals surface area contributed by atoms with Gasteiger partial charge in [0.1, 0.15) is 0 Å². The van der Waals surface area contributed by atoms with Crippen molar-refractivity contribution in [2.24, 2.45) is 0 Å². The number of pyridine rings is 1. The van der Waals surface area contributed by atoms with Gasteiger partial charge in [0.15, 0.2) is 5.69 Å². The quantitative estimate of drug-likeness (QED) is 0.657. The molecule has 1 aliphatic heterocycles. The summed E-state index contributed by atoms with van der Waals surface area (Å²) in [6.45, 7) is 4.58. The maximum Gasteiger partial charge on any atom is 0.354 e. The Morgan fingerprint density at radius 2 is 2.05 bits per heavy atom. The first-order chi connectivity index (χ1) is 9.38. The van der Waals surface area contributed by atoms with Crippen molar-refractivity contribution in [3.8, 4) is 0 Å². The van der Waals surface area contributed by atoms with Crippen LogP contribution in [-0.2, 0) is 4.74 Å². The Labute approximate surface area is 115 Å². The van der Waals surface area contributed by atoms with Gasteiger partial charge in [-0.05, 0) is 19.9 Å². The Bertz CT molecular complexity index is 538. The van der Waals surface area contributed by atoms with Gasteiger partial charge in [-0.25, -0.2) is 9.78 Å². The Morgan fingerprint density at radius 1 is 1.45 bits per heavy atom. The summed E-state index contributed by atoms with van der Waals surface area (Å²) in [5.74, 6) is -1.13. The summed E-state index contributed by atoms with van der Waals surface area (Å²) >= 11 is 0. The third-order valence-corrected chi connectivity index (χ3v) is 2.99. The predicted octanol–water partition coefficient (Wildman–Crippen LogP) is 1.30. The highest BCUT2D eigenvalue weighted by Gasteiger charge is 2.29. The standard InChI is InChI=1S/C12H15N3O5/c1-7-5-14(6-8(2)20-7)11-10(15(18)19)4-3-9(13-11)12(16)17/h3-4,7-8H,5-6H2,1-2H3,(H,16,17)/t7-,8+. The molecule has 1 saturated heterocycles. The number of hydrogen-bond donors (Lipinski definition) is 1. The molecule has 1 aromatic rings. The van der Waals surface area contributed by atoms with E-state index in [0.29, 0.717) is 13.1 Å². The first kappa shape index (κ1) is 14.2. The maximum absolute atomic E-state index is 11.1. The predicted molar refractivity (Wildman–Crippen MR) is 70.1 cm³/mol. The van der Waals surface area contributed by atoms with Crippen LogP contribution in [-0.4, -0.2) is 46.3 Å². The smallest absolute Gasteiger partial charge is 0.354 e. The number of aromatic nitrogens is 1. The Morgan fingerprint density at radius 3 is 2.55 bits per heavy atom. The molecule has 0 amide bonds. The van der Waals surface area contributed by atoms with Crippen LogP contribution in [0.15, 0.2) is 12.1 Å². The topological polar surface area (TPSA) is 106 Å². The number of ether oxygens (including phenoxy) is 1. The van der Waals surface area contributed by atoms with Crippen molar-refractivity contribution in [3.05, 3.63) is 27.9 Å². The van der Waals surface area contributed by atoms with E-state index in [-0.39, 0.29) is 29.4 Å². The maximum atomic E-state index is 11.1. The summed E-state index contributed by atoms with van der Waals surface area (Å²) in [5.41, 5.74) is -0.409. The number of carboxylic acids is 1. The zero-order chi connectivity index (χ0) is 14.9. The Hall–Kier alpha value is -2.22. The molecule has 1 aliphatic rings. The number of carbonyl (C=O) groups is 1. The molecule has 108 valence electrons. The highest BCUT2D eigenvalue weighted by molar-refractivity contribution is 5.86. The summed E-state index contributed by atoms with van der Waals surface area (Å²) in [4.78, 5) is 27.1. The largest absolute Gasteiger partial charge is 0.477 e. The molecule has 0 saturated carbocycles. The molecule has 0 aliphatic carbocycles. The summed E-state index contributed by atoms with van der Waals surface area (Å²) in [7, 11) is 0. The van der Waals surface area contributed by atoms with Crippen molar-refractivity contribution in [3.63, 3.8) is 0 Å². The number of hydrogen-bond acceptors (Lipinski definition) is 6. The molecule has 0 unspecified atom stereocenters. The van der Waals surface area contributed by atoms with Gasteiger partial charge in [-0.1, -0.05) is 0 Å². The number of carboxylic acid groups (broad SMARTS) is 1. The van der Waals surface area contributed by atoms with Gasteiger partial charge in [0, 0.05) is 19.2 Å². The highest BCUT2D eigenvalue weighted by atomic mass is 16.6. The molecule has 1 aromatic heterocycles. The van der Waals surface area contributed by atoms with E-state index in [9.17, 15) is 14.9 Å². The lowest BCUT2D eigenvalue weighted by Gasteiger charge is -2.35. The summed E-state index contributed by atoms with van der Waals surface area (Å²) < 4.78 is 5.56. The molecule has 2 rings (SSSR count). The van der Waals surface area contributed by atoms with Crippen LogP contribution in [0.1, 0.15) is 24.3 Å². The van der Waals surface area contributed by atoms with Crippen LogP contribution in [0.4, 0.5) is 11.5 Å². The molecular weight excluding hydrogens is 266 g/mol. The van der Waals surface area contributed by atoms with Crippen LogP contribution in [0.2, 0.25) is 0 Å². The molecule has 8 heteroatoms. The number of nitro groups is 1. The number of anilines is 1. The fourth-order valence-corrected chi connectivity index (χ4v) is 2.29. The number of aromatic carboxylic acids is 1. The first-order valence-electron chi connectivity index (χ1n) is 6.17. The fourth-order valence-electron chi connectivity index (χ4n) is 2.29. The molecule has 20 heavy (non-hydrogen) atoms. The molecule has 0 radical (unpaired) electrons. The molecule has 2 heterocycles. The van der Waals surface area contributed by atoms with Crippen LogP contribution in [0, 0.1) is 10.1 Å². The summed E-state index contributed by atoms with van der Waals surface area (Å²) in [5, 5.41) is 20.0. The molecule has 0 spiro atoms. The van der Waals surface area contributed by atoms with Crippen molar-refractivity contribution in [2.75, 3.05) is 18.0 Å². The molecular formula is C12H15N3O5. The summed E-state index contributed by atoms with van der Waals surface area (Å²) in [6.07, 6.45) is -0.206. The lowest BCUT2D eigenvalue weighted by molar-refractivity contribution is -0.384. The van der Waals surface area contributed by atoms with Crippen molar-refractivity contribution in [1.82, 2.24) is 4.98 Å². The second-order valence-corrected chi connectivity index (χ2v) is 4.76. The minimum Gasteiger partial charge on any atom is -0.477 e. The van der Waals surface area contributed by atoms with E-state index in [2.05, 4.69) is 4.98 Å². The van der Waals surface area contributed by atoms with Gasteiger partial charge < -0.3 is 14.7 Å². The molecule has 8 nitrogen and oxygen atoms in total. The van der Waals surface area contributed by atoms with Gasteiger partial charge in [0.25, 0.3) is 0 Å². The monoisotopic (exact) mass is 281 g/mol. The molecule has 2 atom stereocenters. The number of nitrogens with zero attached hydrogens (tertiary/aromatic N) is 3. The van der Waals surface area contributed by atoms with Crippen LogP contribution < -0.4 is 4.90 Å². The second-order valence-electron chi connectivity index (χ2n) is 4.76. The fraction of sp³-hybridized carbons (Fsp3) is 0.500. The van der Waals surface area contributed by atoms with E-state index in [1.165, 1.54) is 6.07 Å². The first-order valence-corrected chi connectivity index (χ1v) is 6.17. The molecule has 0 aromatic carbocycles. The zero-order valence-electron chi connectivity index (χ0n) is 11.1. The third-order valence-electron chi connectivity index (χ3n) is 2.99. The second kappa shape index (κ2) is 5.41. The van der Waals surface area contributed by atoms with Crippen molar-refractivity contribution < 1.29 is 19.6 Å². The molecule has 1 N–H and O–H groups in total. The van der Waals surface area contributed by atoms with Crippen molar-refractivity contribution >= 4 is 17.5 Å². The van der Waals surface area contributed by atoms with Crippen LogP contribution in [0.5, 0.6) is 0 Å². The van der Waals surface area contributed by atoms with Crippen LogP contribution in [0.25, 0.3) is 0 Å². The van der Waals surface area contributed by atoms with Gasteiger partial charge in [-0.2, -0.15) is 0 Å². The van der Waals surface area contributed by atoms with Gasteiger partial charge in [-0.15, -0.1) is 0 Å². The van der Waals surface area contributed by atoms with E-state index in [4.69, 9.17) is 9.84 Å². The normalized spacial score (nSPS) is 22.6. The van der Waals surface area contributed by atoms with Gasteiger partial charge >= 0.3 is 11.7 Å². The number of rotatable bonds is 3. The highest BCUT2D eigenvalue weighted by Crippen LogP contribution is 2.28. The lowest BCUT2D eigenvalue weighted by Crippen LogP contribution is -2.46. The Kier molecular flexibility index (Phi) is 3.84. The van der Waals surface area contributed by atoms with Gasteiger partial charge in [-0.3, -0.25) is 10.1 Å². The van der Waals surface area contributed by atoms with E-state index in [1.807, 2.05) is 13.8 Å². The summed E-state index contributed by atoms with van der Waals surface area (Å²) in [6, 6.07) is 2.31. The minimum atomic E-state index is -1.21. The van der Waals surface area contributed by atoms with Gasteiger partial charge in [0.2, 0.25) is 5.82 Å². The van der Waals surface area contributed by atoms with Gasteiger partial charge in [0.05, 0.1) is 17.1 Å². The average molecular weight is 281 g/mol. The molecule has 1 fully saturated rings. The van der Waals surface area contributed by atoms with E-state index >= 15 is 0 Å². The van der Waals surface area contributed by atoms with Crippen molar-refractivity contribution in [2.45, 2.75) is 26.1 Å². The lowest BCUT2D eigenvalue weighted by atomic mass is 10.2. The van der Waals surface area contributed by atoms with E-state index < -0.39 is 10.9 Å². The average Bonchev–Trinajstić information content (AvgIpc) is 2.36.